The lowest BCUT2D eigenvalue weighted by molar-refractivity contribution is -0.124. The summed E-state index contributed by atoms with van der Waals surface area (Å²) in [5.74, 6) is 0.0849. The maximum absolute atomic E-state index is 12.9. The number of nitrogens with zero attached hydrogens (tertiary/aromatic N) is 2. The van der Waals surface area contributed by atoms with E-state index in [4.69, 9.17) is 4.74 Å². The van der Waals surface area contributed by atoms with Gasteiger partial charge in [0, 0.05) is 25.8 Å². The van der Waals surface area contributed by atoms with Crippen molar-refractivity contribution in [3.8, 4) is 0 Å². The van der Waals surface area contributed by atoms with E-state index in [-0.39, 0.29) is 12.0 Å². The number of fused-ring (bicyclic) bond motifs is 2. The Morgan fingerprint density at radius 2 is 2.14 bits per heavy atom. The predicted molar refractivity (Wildman–Crippen MR) is 84.0 cm³/mol. The first-order valence-corrected chi connectivity index (χ1v) is 7.89. The Hall–Kier alpha value is -2.04. The number of anilines is 1. The number of para-hydroxylation sites is 1. The quantitative estimate of drug-likeness (QED) is 0.843. The fourth-order valence-electron chi connectivity index (χ4n) is 3.60. The zero-order chi connectivity index (χ0) is 15.7. The Kier molecular flexibility index (Phi) is 3.81. The fourth-order valence-corrected chi connectivity index (χ4v) is 3.60. The minimum atomic E-state index is -0.602. The number of benzene rings is 1. The zero-order valence-electron chi connectivity index (χ0n) is 13.2. The Morgan fingerprint density at radius 3 is 2.91 bits per heavy atom. The summed E-state index contributed by atoms with van der Waals surface area (Å²) < 4.78 is 5.25. The number of piperidine rings is 1. The van der Waals surface area contributed by atoms with Crippen molar-refractivity contribution in [2.45, 2.75) is 31.6 Å². The lowest BCUT2D eigenvalue weighted by Gasteiger charge is -2.38. The Balaban J connectivity index is 1.90. The number of likely N-dealkylation sites (N-methyl/N-ethyl adjacent to an activating group) is 1. The topological polar surface area (TPSA) is 49.9 Å². The van der Waals surface area contributed by atoms with E-state index in [9.17, 15) is 9.59 Å². The molecule has 1 aromatic rings. The molecule has 1 fully saturated rings. The monoisotopic (exact) mass is 302 g/mol. The third kappa shape index (κ3) is 2.16. The van der Waals surface area contributed by atoms with Crippen LogP contribution in [0.2, 0.25) is 0 Å². The van der Waals surface area contributed by atoms with Gasteiger partial charge >= 0.3 is 6.09 Å². The highest BCUT2D eigenvalue weighted by Crippen LogP contribution is 2.46. The molecule has 1 spiro atoms. The molecule has 2 aliphatic heterocycles. The second-order valence-corrected chi connectivity index (χ2v) is 6.10. The number of amides is 2. The molecule has 0 aliphatic carbocycles. The first-order chi connectivity index (χ1) is 10.6. The predicted octanol–water partition coefficient (Wildman–Crippen LogP) is 2.54. The Labute approximate surface area is 130 Å². The molecule has 1 atom stereocenters. The van der Waals surface area contributed by atoms with Gasteiger partial charge in [-0.15, -0.1) is 0 Å². The number of rotatable bonds is 2. The molecule has 118 valence electrons. The number of carbonyl (C=O) groups excluding carboxylic acids is 2. The third-order valence-electron chi connectivity index (χ3n) is 4.68. The maximum atomic E-state index is 12.9. The molecular weight excluding hydrogens is 280 g/mol. The molecule has 3 rings (SSSR count). The van der Waals surface area contributed by atoms with E-state index in [1.54, 1.807) is 9.80 Å². The van der Waals surface area contributed by atoms with Crippen LogP contribution in [0.4, 0.5) is 10.5 Å². The van der Waals surface area contributed by atoms with Gasteiger partial charge in [-0.25, -0.2) is 4.79 Å². The third-order valence-corrected chi connectivity index (χ3v) is 4.68. The van der Waals surface area contributed by atoms with Crippen molar-refractivity contribution in [3.63, 3.8) is 0 Å². The highest BCUT2D eigenvalue weighted by atomic mass is 16.6. The number of hydrogen-bond acceptors (Lipinski definition) is 3. The standard InChI is InChI=1S/C17H22N2O3/c1-3-11-22-16(21)19-10-6-9-17(12-19)13-7-4-5-8-14(13)18(2)15(17)20/h4-5,7-8H,3,6,9-12H2,1-2H3/t17-/m0/s1. The molecule has 0 N–H and O–H groups in total. The summed E-state index contributed by atoms with van der Waals surface area (Å²) in [6, 6.07) is 7.88. The molecule has 5 heteroatoms. The molecule has 0 unspecified atom stereocenters. The number of ether oxygens (including phenoxy) is 1. The summed E-state index contributed by atoms with van der Waals surface area (Å²) in [5.41, 5.74) is 1.39. The van der Waals surface area contributed by atoms with Gasteiger partial charge in [-0.3, -0.25) is 4.79 Å². The smallest absolute Gasteiger partial charge is 0.409 e. The molecule has 2 amide bonds. The number of carbonyl (C=O) groups is 2. The first kappa shape index (κ1) is 14.9. The average molecular weight is 302 g/mol. The van der Waals surface area contributed by atoms with Gasteiger partial charge in [-0.05, 0) is 30.9 Å². The van der Waals surface area contributed by atoms with E-state index in [2.05, 4.69) is 0 Å². The van der Waals surface area contributed by atoms with Gasteiger partial charge in [0.1, 0.15) is 0 Å². The van der Waals surface area contributed by atoms with Crippen LogP contribution < -0.4 is 4.90 Å². The van der Waals surface area contributed by atoms with E-state index in [0.29, 0.717) is 19.7 Å². The zero-order valence-corrected chi connectivity index (χ0v) is 13.2. The lowest BCUT2D eigenvalue weighted by Crippen LogP contribution is -2.53. The highest BCUT2D eigenvalue weighted by Gasteiger charge is 2.52. The minimum Gasteiger partial charge on any atom is -0.449 e. The van der Waals surface area contributed by atoms with Gasteiger partial charge < -0.3 is 14.5 Å². The summed E-state index contributed by atoms with van der Waals surface area (Å²) in [4.78, 5) is 28.5. The van der Waals surface area contributed by atoms with Crippen LogP contribution in [0.3, 0.4) is 0 Å². The summed E-state index contributed by atoms with van der Waals surface area (Å²) >= 11 is 0. The van der Waals surface area contributed by atoms with Crippen LogP contribution in [-0.4, -0.2) is 43.6 Å². The molecule has 1 saturated heterocycles. The second kappa shape index (κ2) is 5.63. The van der Waals surface area contributed by atoms with Gasteiger partial charge in [0.05, 0.1) is 12.0 Å². The van der Waals surface area contributed by atoms with Crippen LogP contribution >= 0.6 is 0 Å². The first-order valence-electron chi connectivity index (χ1n) is 7.89. The molecule has 2 aliphatic rings. The van der Waals surface area contributed by atoms with Gasteiger partial charge in [0.25, 0.3) is 0 Å². The Morgan fingerprint density at radius 1 is 1.36 bits per heavy atom. The van der Waals surface area contributed by atoms with Crippen LogP contribution in [-0.2, 0) is 14.9 Å². The number of likely N-dealkylation sites (tertiary alicyclic amines) is 1. The molecular formula is C17H22N2O3. The van der Waals surface area contributed by atoms with Crippen molar-refractivity contribution in [2.75, 3.05) is 31.6 Å². The van der Waals surface area contributed by atoms with Gasteiger partial charge in [0.2, 0.25) is 5.91 Å². The minimum absolute atomic E-state index is 0.0849. The molecule has 2 heterocycles. The van der Waals surface area contributed by atoms with Crippen LogP contribution in [0.5, 0.6) is 0 Å². The van der Waals surface area contributed by atoms with Crippen LogP contribution in [0.1, 0.15) is 31.7 Å². The maximum Gasteiger partial charge on any atom is 0.409 e. The van der Waals surface area contributed by atoms with Gasteiger partial charge in [0.15, 0.2) is 0 Å². The van der Waals surface area contributed by atoms with E-state index in [0.717, 1.165) is 30.5 Å². The molecule has 22 heavy (non-hydrogen) atoms. The average Bonchev–Trinajstić information content (AvgIpc) is 2.76. The second-order valence-electron chi connectivity index (χ2n) is 6.10. The van der Waals surface area contributed by atoms with Gasteiger partial charge in [-0.1, -0.05) is 25.1 Å². The van der Waals surface area contributed by atoms with Crippen LogP contribution in [0.25, 0.3) is 0 Å². The van der Waals surface area contributed by atoms with Crippen molar-refractivity contribution in [3.05, 3.63) is 29.8 Å². The lowest BCUT2D eigenvalue weighted by atomic mass is 9.75. The van der Waals surface area contributed by atoms with Crippen molar-refractivity contribution >= 4 is 17.7 Å². The summed E-state index contributed by atoms with van der Waals surface area (Å²) in [5, 5.41) is 0. The summed E-state index contributed by atoms with van der Waals surface area (Å²) in [7, 11) is 1.81. The van der Waals surface area contributed by atoms with E-state index in [1.807, 2.05) is 38.2 Å². The number of hydrogen-bond donors (Lipinski definition) is 0. The van der Waals surface area contributed by atoms with E-state index < -0.39 is 5.41 Å². The molecule has 0 saturated carbocycles. The van der Waals surface area contributed by atoms with E-state index in [1.165, 1.54) is 0 Å². The van der Waals surface area contributed by atoms with Crippen LogP contribution in [0.15, 0.2) is 24.3 Å². The SMILES string of the molecule is CCCOC(=O)N1CCC[C@@]2(C1)C(=O)N(C)c1ccccc12. The van der Waals surface area contributed by atoms with E-state index >= 15 is 0 Å². The van der Waals surface area contributed by atoms with Crippen LogP contribution in [0, 0.1) is 0 Å². The molecule has 0 bridgehead atoms. The summed E-state index contributed by atoms with van der Waals surface area (Å²) in [6.07, 6.45) is 2.09. The molecule has 5 nitrogen and oxygen atoms in total. The van der Waals surface area contributed by atoms with Crippen molar-refractivity contribution in [2.24, 2.45) is 0 Å². The van der Waals surface area contributed by atoms with Crippen molar-refractivity contribution in [1.82, 2.24) is 4.90 Å². The fraction of sp³-hybridized carbons (Fsp3) is 0.529. The largest absolute Gasteiger partial charge is 0.449 e. The molecule has 0 aromatic heterocycles. The normalized spacial score (nSPS) is 23.8. The van der Waals surface area contributed by atoms with Gasteiger partial charge in [-0.2, -0.15) is 0 Å². The summed E-state index contributed by atoms with van der Waals surface area (Å²) in [6.45, 7) is 3.46. The van der Waals surface area contributed by atoms with Crippen molar-refractivity contribution in [1.29, 1.82) is 0 Å². The Bertz CT molecular complexity index is 601. The van der Waals surface area contributed by atoms with Crippen molar-refractivity contribution < 1.29 is 14.3 Å². The highest BCUT2D eigenvalue weighted by molar-refractivity contribution is 6.08. The molecule has 1 aromatic carbocycles. The molecule has 0 radical (unpaired) electrons.